The number of nitrogens with one attached hydrogen (secondary N) is 1. The van der Waals surface area contributed by atoms with Crippen molar-refractivity contribution < 1.29 is 4.79 Å². The van der Waals surface area contributed by atoms with Crippen molar-refractivity contribution in [2.24, 2.45) is 0 Å². The van der Waals surface area contributed by atoms with Crippen LogP contribution in [0.2, 0.25) is 0 Å². The van der Waals surface area contributed by atoms with Gasteiger partial charge in [-0.3, -0.25) is 10.1 Å². The first-order valence-corrected chi connectivity index (χ1v) is 5.40. The molecule has 0 spiro atoms. The van der Waals surface area contributed by atoms with Gasteiger partial charge in [-0.2, -0.15) is 0 Å². The minimum atomic E-state index is -0.204. The van der Waals surface area contributed by atoms with E-state index >= 15 is 0 Å². The summed E-state index contributed by atoms with van der Waals surface area (Å²) >= 11 is 7.92. The zero-order valence-corrected chi connectivity index (χ0v) is 10.8. The molecule has 0 aromatic carbocycles. The van der Waals surface area contributed by atoms with E-state index in [-0.39, 0.29) is 3.91 Å². The Morgan fingerprint density at radius 3 is 2.75 bits per heavy atom. The van der Waals surface area contributed by atoms with E-state index in [0.29, 0.717) is 15.0 Å². The number of amides is 1. The maximum atomic E-state index is 10.6. The van der Waals surface area contributed by atoms with E-state index in [0.717, 1.165) is 0 Å². The van der Waals surface area contributed by atoms with Crippen LogP contribution in [-0.2, 0) is 0 Å². The van der Waals surface area contributed by atoms with Crippen LogP contribution in [0.3, 0.4) is 0 Å². The maximum absolute atomic E-state index is 10.6. The van der Waals surface area contributed by atoms with Gasteiger partial charge in [-0.25, -0.2) is 9.97 Å². The molecular formula is C5H2Br2IN3O. The molecule has 0 unspecified atom stereocenters. The van der Waals surface area contributed by atoms with Crippen LogP contribution in [0, 0.1) is 0 Å². The molecule has 0 atom stereocenters. The van der Waals surface area contributed by atoms with Gasteiger partial charge in [0, 0.05) is 22.6 Å². The van der Waals surface area contributed by atoms with Crippen molar-refractivity contribution in [3.8, 4) is 0 Å². The Labute approximate surface area is 98.9 Å². The summed E-state index contributed by atoms with van der Waals surface area (Å²) in [5.74, 6) is 0.414. The van der Waals surface area contributed by atoms with Crippen molar-refractivity contribution >= 4 is 64.2 Å². The van der Waals surface area contributed by atoms with Crippen LogP contribution in [0.4, 0.5) is 10.6 Å². The van der Waals surface area contributed by atoms with E-state index in [1.807, 2.05) is 0 Å². The number of aromatic nitrogens is 2. The largest absolute Gasteiger partial charge is 0.300 e. The zero-order chi connectivity index (χ0) is 9.14. The van der Waals surface area contributed by atoms with Crippen LogP contribution in [0.1, 0.15) is 0 Å². The molecule has 4 nitrogen and oxygen atoms in total. The number of hydrogen-bond acceptors (Lipinski definition) is 3. The van der Waals surface area contributed by atoms with Crippen LogP contribution in [-0.4, -0.2) is 13.9 Å². The Hall–Kier alpha value is 0.240. The number of carbonyl (C=O) groups excluding carboxylic acids is 1. The normalized spacial score (nSPS) is 9.58. The first-order valence-electron chi connectivity index (χ1n) is 2.74. The summed E-state index contributed by atoms with van der Waals surface area (Å²) in [4.78, 5) is 18.5. The lowest BCUT2D eigenvalue weighted by atomic mass is 10.7. The summed E-state index contributed by atoms with van der Waals surface area (Å²) in [7, 11) is 0. The van der Waals surface area contributed by atoms with Crippen molar-refractivity contribution in [2.45, 2.75) is 0 Å². The zero-order valence-electron chi connectivity index (χ0n) is 5.51. The van der Waals surface area contributed by atoms with Gasteiger partial charge in [0.2, 0.25) is 0 Å². The quantitative estimate of drug-likeness (QED) is 0.443. The number of anilines is 1. The van der Waals surface area contributed by atoms with E-state index in [1.54, 1.807) is 22.6 Å². The summed E-state index contributed by atoms with van der Waals surface area (Å²) < 4.78 is 0.910. The molecular weight excluding hydrogens is 405 g/mol. The van der Waals surface area contributed by atoms with Gasteiger partial charge >= 0.3 is 0 Å². The minimum Gasteiger partial charge on any atom is -0.300 e. The first-order chi connectivity index (χ1) is 5.59. The van der Waals surface area contributed by atoms with Crippen LogP contribution < -0.4 is 5.32 Å². The molecule has 1 amide bonds. The fourth-order valence-electron chi connectivity index (χ4n) is 0.524. The Bertz CT molecular complexity index is 320. The van der Waals surface area contributed by atoms with Crippen molar-refractivity contribution in [2.75, 3.05) is 5.32 Å². The molecule has 0 fully saturated rings. The first kappa shape index (κ1) is 10.3. The molecule has 0 radical (unpaired) electrons. The topological polar surface area (TPSA) is 54.9 Å². The molecule has 1 aromatic heterocycles. The maximum Gasteiger partial charge on any atom is 0.286 e. The van der Waals surface area contributed by atoms with E-state index in [2.05, 4.69) is 47.1 Å². The molecule has 7 heteroatoms. The number of carbonyl (C=O) groups is 1. The summed E-state index contributed by atoms with van der Waals surface area (Å²) in [6, 6.07) is 0. The van der Waals surface area contributed by atoms with E-state index in [9.17, 15) is 4.79 Å². The van der Waals surface area contributed by atoms with Crippen LogP contribution in [0.5, 0.6) is 0 Å². The Morgan fingerprint density at radius 1 is 1.58 bits per heavy atom. The van der Waals surface area contributed by atoms with Crippen molar-refractivity contribution in [1.82, 2.24) is 9.97 Å². The number of rotatable bonds is 1. The fourth-order valence-corrected chi connectivity index (χ4v) is 1.69. The van der Waals surface area contributed by atoms with Crippen molar-refractivity contribution in [3.63, 3.8) is 0 Å². The number of hydrogen-bond donors (Lipinski definition) is 1. The molecule has 0 saturated carbocycles. The third-order valence-electron chi connectivity index (χ3n) is 0.917. The third kappa shape index (κ3) is 2.94. The summed E-state index contributed by atoms with van der Waals surface area (Å²) in [5.41, 5.74) is 0. The van der Waals surface area contributed by atoms with Gasteiger partial charge in [-0.1, -0.05) is 0 Å². The summed E-state index contributed by atoms with van der Waals surface area (Å²) in [6.45, 7) is 0. The highest BCUT2D eigenvalue weighted by Crippen LogP contribution is 2.19. The molecule has 0 aliphatic rings. The lowest BCUT2D eigenvalue weighted by molar-refractivity contribution is 0.271. The van der Waals surface area contributed by atoms with Crippen molar-refractivity contribution in [1.29, 1.82) is 0 Å². The van der Waals surface area contributed by atoms with Gasteiger partial charge in [-0.15, -0.1) is 0 Å². The highest BCUT2D eigenvalue weighted by Gasteiger charge is 2.04. The van der Waals surface area contributed by atoms with E-state index in [1.165, 1.54) is 6.20 Å². The van der Waals surface area contributed by atoms with Gasteiger partial charge in [0.05, 0.1) is 6.20 Å². The van der Waals surface area contributed by atoms with Gasteiger partial charge in [0.15, 0.2) is 5.82 Å². The van der Waals surface area contributed by atoms with Gasteiger partial charge in [0.1, 0.15) is 9.21 Å². The molecule has 0 aliphatic heterocycles. The second-order valence-corrected chi connectivity index (χ2v) is 4.27. The molecule has 12 heavy (non-hydrogen) atoms. The second kappa shape index (κ2) is 4.47. The summed E-state index contributed by atoms with van der Waals surface area (Å²) in [5, 5.41) is 2.51. The third-order valence-corrected chi connectivity index (χ3v) is 2.12. The van der Waals surface area contributed by atoms with Crippen LogP contribution >= 0.6 is 54.5 Å². The second-order valence-electron chi connectivity index (χ2n) is 1.73. The molecule has 1 rings (SSSR count). The lowest BCUT2D eigenvalue weighted by Crippen LogP contribution is -2.04. The van der Waals surface area contributed by atoms with Gasteiger partial charge < -0.3 is 0 Å². The van der Waals surface area contributed by atoms with Gasteiger partial charge in [-0.05, 0) is 31.9 Å². The molecule has 1 aromatic rings. The smallest absolute Gasteiger partial charge is 0.286 e. The average molecular weight is 407 g/mol. The predicted molar refractivity (Wildman–Crippen MR) is 60.5 cm³/mol. The molecule has 1 heterocycles. The minimum absolute atomic E-state index is 0.204. The van der Waals surface area contributed by atoms with Crippen molar-refractivity contribution in [3.05, 3.63) is 15.4 Å². The van der Waals surface area contributed by atoms with Gasteiger partial charge in [0.25, 0.3) is 3.91 Å². The fraction of sp³-hybridized carbons (Fsp3) is 0. The van der Waals surface area contributed by atoms with Crippen LogP contribution in [0.25, 0.3) is 0 Å². The lowest BCUT2D eigenvalue weighted by Gasteiger charge is -2.01. The van der Waals surface area contributed by atoms with E-state index < -0.39 is 0 Å². The molecule has 0 aliphatic carbocycles. The van der Waals surface area contributed by atoms with Crippen LogP contribution in [0.15, 0.2) is 15.4 Å². The standard InChI is InChI=1S/C5H2Br2IN3O/c6-2-1-9-4(3(7)10-2)11-5(8)12/h1H,(H,9,11,12). The Balaban J connectivity index is 2.93. The SMILES string of the molecule is O=C(I)Nc1ncc(Br)nc1Br. The highest BCUT2D eigenvalue weighted by atomic mass is 127. The molecule has 64 valence electrons. The average Bonchev–Trinajstić information content (AvgIpc) is 1.94. The highest BCUT2D eigenvalue weighted by molar-refractivity contribution is 14.1. The van der Waals surface area contributed by atoms with E-state index in [4.69, 9.17) is 0 Å². The Kier molecular flexibility index (Phi) is 3.84. The predicted octanol–water partition coefficient (Wildman–Crippen LogP) is 2.97. The molecule has 0 bridgehead atoms. The monoisotopic (exact) mass is 405 g/mol. The Morgan fingerprint density at radius 2 is 2.25 bits per heavy atom. The number of halogens is 3. The molecule has 0 saturated heterocycles. The summed E-state index contributed by atoms with van der Waals surface area (Å²) in [6.07, 6.45) is 1.51. The molecule has 1 N–H and O–H groups in total. The number of nitrogens with zero attached hydrogens (tertiary/aromatic N) is 2.